The summed E-state index contributed by atoms with van der Waals surface area (Å²) < 4.78 is 0. The average Bonchev–Trinajstić information content (AvgIpc) is 2.83. The molecule has 1 aliphatic carbocycles. The Balaban J connectivity index is 1.80. The molecule has 2 rings (SSSR count). The molecule has 4 heteroatoms. The number of nitrogens with zero attached hydrogens (tertiary/aromatic N) is 1. The van der Waals surface area contributed by atoms with Gasteiger partial charge < -0.3 is 11.1 Å². The highest BCUT2D eigenvalue weighted by Crippen LogP contribution is 2.26. The molecule has 1 saturated carbocycles. The summed E-state index contributed by atoms with van der Waals surface area (Å²) in [5.74, 6) is -0.0317. The van der Waals surface area contributed by atoms with Crippen LogP contribution >= 0.6 is 0 Å². The van der Waals surface area contributed by atoms with E-state index in [-0.39, 0.29) is 5.91 Å². The number of hydrogen-bond donors (Lipinski definition) is 2. The number of likely N-dealkylation sites (tertiary alicyclic amines) is 1. The lowest BCUT2D eigenvalue weighted by Crippen LogP contribution is -2.52. The minimum absolute atomic E-state index is 0.0317. The number of carbonyl (C=O) groups is 1. The molecule has 1 unspecified atom stereocenters. The topological polar surface area (TPSA) is 58.4 Å². The molecule has 0 bridgehead atoms. The van der Waals surface area contributed by atoms with Crippen LogP contribution in [-0.4, -0.2) is 41.5 Å². The van der Waals surface area contributed by atoms with Crippen molar-refractivity contribution in [2.45, 2.75) is 63.6 Å². The predicted octanol–water partition coefficient (Wildman–Crippen LogP) is 0.857. The van der Waals surface area contributed by atoms with Crippen LogP contribution in [0.5, 0.6) is 0 Å². The van der Waals surface area contributed by atoms with Crippen LogP contribution in [0.2, 0.25) is 0 Å². The monoisotopic (exact) mass is 239 g/mol. The first-order valence-electron chi connectivity index (χ1n) is 6.81. The van der Waals surface area contributed by atoms with Crippen molar-refractivity contribution in [2.75, 3.05) is 13.1 Å². The molecule has 0 aromatic heterocycles. The van der Waals surface area contributed by atoms with Crippen LogP contribution in [0, 0.1) is 0 Å². The first-order chi connectivity index (χ1) is 7.97. The van der Waals surface area contributed by atoms with Crippen LogP contribution < -0.4 is 11.1 Å². The van der Waals surface area contributed by atoms with Gasteiger partial charge in [-0.3, -0.25) is 9.69 Å². The van der Waals surface area contributed by atoms with Crippen LogP contribution in [0.4, 0.5) is 0 Å². The van der Waals surface area contributed by atoms with Gasteiger partial charge in [-0.2, -0.15) is 0 Å². The summed E-state index contributed by atoms with van der Waals surface area (Å²) in [6, 6.07) is 1.06. The van der Waals surface area contributed by atoms with Crippen LogP contribution in [0.1, 0.15) is 46.0 Å². The van der Waals surface area contributed by atoms with Crippen molar-refractivity contribution < 1.29 is 4.79 Å². The molecule has 1 amide bonds. The highest BCUT2D eigenvalue weighted by Gasteiger charge is 2.32. The molecule has 4 nitrogen and oxygen atoms in total. The Bertz CT molecular complexity index is 279. The van der Waals surface area contributed by atoms with Crippen molar-refractivity contribution in [1.82, 2.24) is 10.2 Å². The number of carbonyl (C=O) groups excluding carboxylic acids is 1. The van der Waals surface area contributed by atoms with Crippen molar-refractivity contribution >= 4 is 5.91 Å². The van der Waals surface area contributed by atoms with Crippen LogP contribution in [-0.2, 0) is 4.79 Å². The molecule has 2 fully saturated rings. The van der Waals surface area contributed by atoms with Crippen molar-refractivity contribution in [2.24, 2.45) is 5.73 Å². The third-order valence-electron chi connectivity index (χ3n) is 3.98. The lowest BCUT2D eigenvalue weighted by atomic mass is 10.1. The molecular formula is C13H25N3O. The van der Waals surface area contributed by atoms with E-state index >= 15 is 0 Å². The third-order valence-corrected chi connectivity index (χ3v) is 3.98. The van der Waals surface area contributed by atoms with Gasteiger partial charge in [0.05, 0.1) is 5.54 Å². The maximum absolute atomic E-state index is 11.8. The molecule has 0 spiro atoms. The van der Waals surface area contributed by atoms with E-state index in [4.69, 9.17) is 5.73 Å². The number of rotatable bonds is 3. The largest absolute Gasteiger partial charge is 0.350 e. The molecule has 0 aromatic rings. The zero-order chi connectivity index (χ0) is 12.5. The van der Waals surface area contributed by atoms with Gasteiger partial charge in [0.1, 0.15) is 0 Å². The first kappa shape index (κ1) is 12.8. The van der Waals surface area contributed by atoms with Crippen LogP contribution in [0.25, 0.3) is 0 Å². The summed E-state index contributed by atoms with van der Waals surface area (Å²) in [5.41, 5.74) is 5.03. The maximum atomic E-state index is 11.8. The molecule has 1 aliphatic heterocycles. The Morgan fingerprint density at radius 3 is 2.53 bits per heavy atom. The average molecular weight is 239 g/mol. The predicted molar refractivity (Wildman–Crippen MR) is 68.6 cm³/mol. The number of hydrogen-bond acceptors (Lipinski definition) is 3. The van der Waals surface area contributed by atoms with Crippen molar-refractivity contribution in [3.05, 3.63) is 0 Å². The second kappa shape index (κ2) is 4.94. The summed E-state index contributed by atoms with van der Waals surface area (Å²) in [6.45, 7) is 5.64. The number of nitrogens with two attached hydrogens (primary N) is 1. The minimum atomic E-state index is -0.763. The Labute approximate surface area is 104 Å². The Morgan fingerprint density at radius 2 is 1.94 bits per heavy atom. The Kier molecular flexibility index (Phi) is 3.73. The van der Waals surface area contributed by atoms with Gasteiger partial charge in [-0.15, -0.1) is 0 Å². The zero-order valence-corrected chi connectivity index (χ0v) is 11.0. The van der Waals surface area contributed by atoms with E-state index in [1.807, 2.05) is 0 Å². The molecule has 1 heterocycles. The van der Waals surface area contributed by atoms with Crippen molar-refractivity contribution in [1.29, 1.82) is 0 Å². The fourth-order valence-electron chi connectivity index (χ4n) is 2.88. The molecule has 0 aromatic carbocycles. The van der Waals surface area contributed by atoms with E-state index < -0.39 is 5.54 Å². The quantitative estimate of drug-likeness (QED) is 0.768. The third kappa shape index (κ3) is 3.19. The van der Waals surface area contributed by atoms with Gasteiger partial charge in [-0.25, -0.2) is 0 Å². The first-order valence-corrected chi connectivity index (χ1v) is 6.81. The van der Waals surface area contributed by atoms with E-state index in [0.717, 1.165) is 25.6 Å². The Hall–Kier alpha value is -0.610. The lowest BCUT2D eigenvalue weighted by Gasteiger charge is -2.25. The summed E-state index contributed by atoms with van der Waals surface area (Å²) >= 11 is 0. The van der Waals surface area contributed by atoms with Gasteiger partial charge in [0.25, 0.3) is 0 Å². The maximum Gasteiger partial charge on any atom is 0.239 e. The molecule has 3 N–H and O–H groups in total. The molecule has 98 valence electrons. The van der Waals surface area contributed by atoms with Gasteiger partial charge in [0.15, 0.2) is 0 Å². The fraction of sp³-hybridized carbons (Fsp3) is 0.923. The summed E-state index contributed by atoms with van der Waals surface area (Å²) in [4.78, 5) is 14.3. The van der Waals surface area contributed by atoms with E-state index in [2.05, 4.69) is 10.2 Å². The zero-order valence-electron chi connectivity index (χ0n) is 11.0. The van der Waals surface area contributed by atoms with E-state index in [1.165, 1.54) is 25.7 Å². The lowest BCUT2D eigenvalue weighted by molar-refractivity contribution is -0.125. The van der Waals surface area contributed by atoms with Gasteiger partial charge >= 0.3 is 0 Å². The number of amides is 1. The van der Waals surface area contributed by atoms with Gasteiger partial charge in [0.2, 0.25) is 5.91 Å². The summed E-state index contributed by atoms with van der Waals surface area (Å²) in [5, 5.41) is 3.07. The van der Waals surface area contributed by atoms with E-state index in [1.54, 1.807) is 13.8 Å². The van der Waals surface area contributed by atoms with E-state index in [0.29, 0.717) is 6.04 Å². The van der Waals surface area contributed by atoms with Crippen LogP contribution in [0.15, 0.2) is 0 Å². The molecule has 2 aliphatic rings. The molecule has 1 atom stereocenters. The van der Waals surface area contributed by atoms with E-state index in [9.17, 15) is 4.79 Å². The molecular weight excluding hydrogens is 214 g/mol. The smallest absolute Gasteiger partial charge is 0.239 e. The molecule has 0 radical (unpaired) electrons. The van der Waals surface area contributed by atoms with Gasteiger partial charge in [0, 0.05) is 25.2 Å². The summed E-state index contributed by atoms with van der Waals surface area (Å²) in [7, 11) is 0. The van der Waals surface area contributed by atoms with Crippen molar-refractivity contribution in [3.63, 3.8) is 0 Å². The second-order valence-electron chi connectivity index (χ2n) is 6.11. The van der Waals surface area contributed by atoms with Crippen LogP contribution in [0.3, 0.4) is 0 Å². The van der Waals surface area contributed by atoms with Crippen molar-refractivity contribution in [3.8, 4) is 0 Å². The number of nitrogens with one attached hydrogen (secondary N) is 1. The minimum Gasteiger partial charge on any atom is -0.350 e. The molecule has 1 saturated heterocycles. The standard InChI is InChI=1S/C13H25N3O/c1-13(2,14)12(17)15-10-7-8-16(9-10)11-5-3-4-6-11/h10-11H,3-9,14H2,1-2H3,(H,15,17). The highest BCUT2D eigenvalue weighted by molar-refractivity contribution is 5.85. The normalized spacial score (nSPS) is 27.6. The fourth-order valence-corrected chi connectivity index (χ4v) is 2.88. The van der Waals surface area contributed by atoms with Gasteiger partial charge in [-0.05, 0) is 33.1 Å². The SMILES string of the molecule is CC(C)(N)C(=O)NC1CCN(C2CCCC2)C1. The second-order valence-corrected chi connectivity index (χ2v) is 6.11. The molecule has 17 heavy (non-hydrogen) atoms. The van der Waals surface area contributed by atoms with Gasteiger partial charge in [-0.1, -0.05) is 12.8 Å². The highest BCUT2D eigenvalue weighted by atomic mass is 16.2. The summed E-state index contributed by atoms with van der Waals surface area (Å²) in [6.07, 6.45) is 6.48. The Morgan fingerprint density at radius 1 is 1.29 bits per heavy atom.